The summed E-state index contributed by atoms with van der Waals surface area (Å²) in [7, 11) is 0.996. The zero-order chi connectivity index (χ0) is 30.4. The Kier molecular flexibility index (Phi) is 15.2. The van der Waals surface area contributed by atoms with E-state index in [4.69, 9.17) is 15.6 Å². The van der Waals surface area contributed by atoms with Gasteiger partial charge in [-0.25, -0.2) is 9.59 Å². The van der Waals surface area contributed by atoms with Crippen LogP contribution in [0.5, 0.6) is 0 Å². The molecule has 0 aliphatic rings. The van der Waals surface area contributed by atoms with Crippen molar-refractivity contribution in [3.05, 3.63) is 0 Å². The minimum Gasteiger partial charge on any atom is -0.465 e. The molecule has 9 N–H and O–H groups in total. The number of carbonyl (C=O) groups excluding carboxylic acids is 6. The van der Waals surface area contributed by atoms with E-state index in [1.807, 2.05) is 0 Å². The molecule has 0 saturated carbocycles. The number of nitrogens with two attached hydrogens (primary N) is 1. The molecule has 2 unspecified atom stereocenters. The molecule has 0 aliphatic carbocycles. The lowest BCUT2D eigenvalue weighted by Crippen LogP contribution is -2.59. The first-order valence-electron chi connectivity index (χ1n) is 11.9. The van der Waals surface area contributed by atoms with Gasteiger partial charge in [0.25, 0.3) is 0 Å². The number of imide groups is 1. The van der Waals surface area contributed by atoms with Crippen LogP contribution in [0.2, 0.25) is 0 Å². The summed E-state index contributed by atoms with van der Waals surface area (Å²) < 4.78 is 5.05. The van der Waals surface area contributed by atoms with Crippen molar-refractivity contribution < 1.29 is 58.7 Å². The van der Waals surface area contributed by atoms with Gasteiger partial charge in [0.1, 0.15) is 30.3 Å². The van der Waals surface area contributed by atoms with Crippen molar-refractivity contribution in [1.82, 2.24) is 20.9 Å². The van der Waals surface area contributed by atoms with E-state index in [2.05, 4.69) is 16.0 Å². The number of primary amides is 1. The van der Waals surface area contributed by atoms with Gasteiger partial charge >= 0.3 is 12.2 Å². The second-order valence-corrected chi connectivity index (χ2v) is 8.62. The number of rotatable bonds is 16. The third kappa shape index (κ3) is 12.1. The van der Waals surface area contributed by atoms with Crippen LogP contribution in [0.15, 0.2) is 0 Å². The Morgan fingerprint density at radius 2 is 1.59 bits per heavy atom. The molecule has 222 valence electrons. The van der Waals surface area contributed by atoms with Crippen LogP contribution in [-0.2, 0) is 28.7 Å². The Hall–Kier alpha value is -3.83. The average molecular weight is 564 g/mol. The smallest absolute Gasteiger partial charge is 0.413 e. The number of hydrogen-bond acceptors (Lipinski definition) is 11. The van der Waals surface area contributed by atoms with E-state index in [0.717, 1.165) is 20.9 Å². The number of carbonyl (C=O) groups is 7. The number of ketones is 1. The summed E-state index contributed by atoms with van der Waals surface area (Å²) in [4.78, 5) is 84.0. The Bertz CT molecular complexity index is 914. The first-order valence-corrected chi connectivity index (χ1v) is 11.9. The molecule has 0 fully saturated rings. The van der Waals surface area contributed by atoms with Crippen LogP contribution >= 0.6 is 0 Å². The second-order valence-electron chi connectivity index (χ2n) is 8.62. The minimum atomic E-state index is -2.03. The van der Waals surface area contributed by atoms with Crippen molar-refractivity contribution in [3.8, 4) is 0 Å². The summed E-state index contributed by atoms with van der Waals surface area (Å²) in [5.74, 6) is -4.24. The van der Waals surface area contributed by atoms with Crippen molar-refractivity contribution in [3.63, 3.8) is 0 Å². The first-order chi connectivity index (χ1) is 18.1. The molecule has 0 radical (unpaired) electrons. The molecule has 17 nitrogen and oxygen atoms in total. The van der Waals surface area contributed by atoms with Gasteiger partial charge in [0.05, 0.1) is 6.61 Å². The fraction of sp³-hybridized carbons (Fsp3) is 0.682. The van der Waals surface area contributed by atoms with E-state index in [9.17, 15) is 48.9 Å². The van der Waals surface area contributed by atoms with Gasteiger partial charge in [-0.3, -0.25) is 28.9 Å². The van der Waals surface area contributed by atoms with E-state index >= 15 is 0 Å². The quantitative estimate of drug-likeness (QED) is 0.0929. The van der Waals surface area contributed by atoms with Crippen molar-refractivity contribution in [2.75, 3.05) is 13.7 Å². The van der Waals surface area contributed by atoms with Gasteiger partial charge in [0, 0.05) is 19.9 Å². The molecule has 17 heteroatoms. The summed E-state index contributed by atoms with van der Waals surface area (Å²) in [6, 6.07) is -4.44. The lowest BCUT2D eigenvalue weighted by Gasteiger charge is -2.32. The summed E-state index contributed by atoms with van der Waals surface area (Å²) in [6.45, 7) is 2.91. The van der Waals surface area contributed by atoms with Crippen molar-refractivity contribution >= 4 is 41.6 Å². The summed E-state index contributed by atoms with van der Waals surface area (Å²) in [6.07, 6.45) is -9.07. The van der Waals surface area contributed by atoms with Crippen LogP contribution in [0, 0.1) is 0 Å². The fourth-order valence-corrected chi connectivity index (χ4v) is 3.07. The number of hydrogen-bond donors (Lipinski definition) is 8. The van der Waals surface area contributed by atoms with Gasteiger partial charge in [0.2, 0.25) is 23.6 Å². The highest BCUT2D eigenvalue weighted by molar-refractivity contribution is 5.93. The molecule has 0 saturated heterocycles. The first kappa shape index (κ1) is 35.2. The standard InChI is InChI=1S/C22H37N5O12/c1-5-6-14(31)26-16(11(3)29)18(17(33)13(30)9-28)39-21(36)24-10(2)20(35)25-12(19(23)34)7-8-15(32)27(4)22(37)38/h10,12-13,16-18,28,30,33H,5-9H2,1-4H3,(H2,23,34)(H,24,36)(H,25,35)(H,26,31)(H,37,38)/t10?,12?,13-,16+,17-,18-/m1/s1. The van der Waals surface area contributed by atoms with Crippen LogP contribution in [0.1, 0.15) is 46.5 Å². The molecule has 39 heavy (non-hydrogen) atoms. The Labute approximate surface area is 224 Å². The zero-order valence-corrected chi connectivity index (χ0v) is 22.1. The van der Waals surface area contributed by atoms with Crippen LogP contribution in [-0.4, -0.2) is 117 Å². The number of nitrogens with one attached hydrogen (secondary N) is 3. The SMILES string of the molecule is CCCC(=O)N[C@@H](C(C)=O)[C@@H](OC(=O)NC(C)C(=O)NC(CCC(=O)N(C)C(=O)O)C(N)=O)[C@H](O)[C@H](O)CO. The molecule has 0 heterocycles. The fourth-order valence-electron chi connectivity index (χ4n) is 3.07. The number of ether oxygens (including phenoxy) is 1. The van der Waals surface area contributed by atoms with Crippen LogP contribution < -0.4 is 21.7 Å². The maximum atomic E-state index is 12.5. The van der Waals surface area contributed by atoms with Gasteiger partial charge in [0.15, 0.2) is 11.9 Å². The Balaban J connectivity index is 5.48. The molecular weight excluding hydrogens is 526 g/mol. The molecule has 6 amide bonds. The third-order valence-electron chi connectivity index (χ3n) is 5.42. The predicted molar refractivity (Wildman–Crippen MR) is 131 cm³/mol. The Morgan fingerprint density at radius 3 is 2.05 bits per heavy atom. The van der Waals surface area contributed by atoms with Gasteiger partial charge in [-0.05, 0) is 26.7 Å². The van der Waals surface area contributed by atoms with Crippen molar-refractivity contribution in [2.45, 2.75) is 82.9 Å². The maximum absolute atomic E-state index is 12.5. The topological polar surface area (TPSA) is 275 Å². The van der Waals surface area contributed by atoms with Crippen LogP contribution in [0.25, 0.3) is 0 Å². The normalized spacial score (nSPS) is 15.4. The maximum Gasteiger partial charge on any atom is 0.413 e. The monoisotopic (exact) mass is 563 g/mol. The highest BCUT2D eigenvalue weighted by Gasteiger charge is 2.39. The summed E-state index contributed by atoms with van der Waals surface area (Å²) in [5.41, 5.74) is 5.23. The highest BCUT2D eigenvalue weighted by atomic mass is 16.6. The summed E-state index contributed by atoms with van der Waals surface area (Å²) in [5, 5.41) is 44.8. The largest absolute Gasteiger partial charge is 0.465 e. The predicted octanol–water partition coefficient (Wildman–Crippen LogP) is -3.06. The number of aliphatic hydroxyl groups is 3. The van der Waals surface area contributed by atoms with Crippen molar-refractivity contribution in [1.29, 1.82) is 0 Å². The molecule has 0 bridgehead atoms. The number of aliphatic hydroxyl groups excluding tert-OH is 3. The minimum absolute atomic E-state index is 0.00221. The van der Waals surface area contributed by atoms with E-state index in [-0.39, 0.29) is 12.8 Å². The number of nitrogens with zero attached hydrogens (tertiary/aromatic N) is 1. The molecule has 0 aromatic carbocycles. The number of alkyl carbamates (subject to hydrolysis) is 1. The Morgan fingerprint density at radius 1 is 1.00 bits per heavy atom. The molecular formula is C22H37N5O12. The molecule has 0 aromatic heterocycles. The van der Waals surface area contributed by atoms with Crippen LogP contribution in [0.4, 0.5) is 9.59 Å². The summed E-state index contributed by atoms with van der Waals surface area (Å²) >= 11 is 0. The lowest BCUT2D eigenvalue weighted by atomic mass is 9.98. The highest BCUT2D eigenvalue weighted by Crippen LogP contribution is 2.13. The third-order valence-corrected chi connectivity index (χ3v) is 5.42. The molecule has 0 rings (SSSR count). The number of carboxylic acid groups (broad SMARTS) is 1. The molecule has 0 aliphatic heterocycles. The van der Waals surface area contributed by atoms with E-state index in [1.165, 1.54) is 0 Å². The molecule has 6 atom stereocenters. The molecule has 0 aromatic rings. The lowest BCUT2D eigenvalue weighted by molar-refractivity contribution is -0.136. The van der Waals surface area contributed by atoms with Crippen molar-refractivity contribution in [2.24, 2.45) is 5.73 Å². The van der Waals surface area contributed by atoms with E-state index in [0.29, 0.717) is 11.3 Å². The number of amides is 6. The zero-order valence-electron chi connectivity index (χ0n) is 22.1. The average Bonchev–Trinajstić information content (AvgIpc) is 2.86. The van der Waals surface area contributed by atoms with Crippen LogP contribution in [0.3, 0.4) is 0 Å². The molecule has 0 spiro atoms. The number of Topliss-reactive ketones (excluding diaryl/α,β-unsaturated/α-hetero) is 1. The second kappa shape index (κ2) is 16.9. The van der Waals surface area contributed by atoms with Gasteiger partial charge in [-0.1, -0.05) is 6.92 Å². The van der Waals surface area contributed by atoms with Gasteiger partial charge in [-0.2, -0.15) is 0 Å². The van der Waals surface area contributed by atoms with Gasteiger partial charge in [-0.15, -0.1) is 0 Å². The van der Waals surface area contributed by atoms with E-state index < -0.39 is 91.1 Å². The van der Waals surface area contributed by atoms with E-state index in [1.54, 1.807) is 6.92 Å². The van der Waals surface area contributed by atoms with Gasteiger partial charge < -0.3 is 46.8 Å².